The molecular weight excluding hydrogens is 238 g/mol. The molecule has 0 fully saturated rings. The highest BCUT2D eigenvalue weighted by Crippen LogP contribution is 2.22. The number of unbranched alkanes of at least 4 members (excludes halogenated alkanes) is 1. The van der Waals surface area contributed by atoms with Crippen LogP contribution < -0.4 is 4.74 Å². The van der Waals surface area contributed by atoms with Crippen LogP contribution in [0.1, 0.15) is 44.6 Å². The molecule has 0 saturated heterocycles. The van der Waals surface area contributed by atoms with Gasteiger partial charge in [-0.05, 0) is 30.0 Å². The van der Waals surface area contributed by atoms with E-state index in [1.165, 1.54) is 5.56 Å². The molecule has 1 aromatic rings. The Morgan fingerprint density at radius 3 is 2.47 bits per heavy atom. The van der Waals surface area contributed by atoms with E-state index in [1.807, 2.05) is 36.2 Å². The highest BCUT2D eigenvalue weighted by molar-refractivity contribution is 5.76. The molecule has 0 heterocycles. The molecule has 0 aromatic heterocycles. The number of carbonyl (C=O) groups excluding carboxylic acids is 1. The van der Waals surface area contributed by atoms with Crippen LogP contribution in [0.3, 0.4) is 0 Å². The molecule has 0 N–H and O–H groups in total. The molecule has 106 valence electrons. The summed E-state index contributed by atoms with van der Waals surface area (Å²) in [4.78, 5) is 13.9. The Morgan fingerprint density at radius 1 is 1.32 bits per heavy atom. The normalized spacial score (nSPS) is 12.0. The molecule has 1 unspecified atom stereocenters. The summed E-state index contributed by atoms with van der Waals surface area (Å²) in [5, 5.41) is 0. The predicted molar refractivity (Wildman–Crippen MR) is 78.6 cm³/mol. The van der Waals surface area contributed by atoms with Crippen molar-refractivity contribution in [3.05, 3.63) is 29.8 Å². The number of carbonyl (C=O) groups is 1. The van der Waals surface area contributed by atoms with Crippen LogP contribution in [0.5, 0.6) is 5.75 Å². The van der Waals surface area contributed by atoms with Crippen molar-refractivity contribution in [3.63, 3.8) is 0 Å². The summed E-state index contributed by atoms with van der Waals surface area (Å²) < 4.78 is 5.14. The smallest absolute Gasteiger partial charge is 0.222 e. The largest absolute Gasteiger partial charge is 0.497 e. The Bertz CT molecular complexity index is 386. The Hall–Kier alpha value is -1.51. The van der Waals surface area contributed by atoms with Crippen LogP contribution in [0.25, 0.3) is 0 Å². The number of methoxy groups -OCH3 is 1. The monoisotopic (exact) mass is 263 g/mol. The minimum absolute atomic E-state index is 0.219. The molecule has 0 bridgehead atoms. The van der Waals surface area contributed by atoms with Crippen LogP contribution in [0.2, 0.25) is 0 Å². The lowest BCUT2D eigenvalue weighted by Gasteiger charge is -2.19. The van der Waals surface area contributed by atoms with Crippen LogP contribution >= 0.6 is 0 Å². The average molecular weight is 263 g/mol. The Balaban J connectivity index is 2.53. The summed E-state index contributed by atoms with van der Waals surface area (Å²) in [6.45, 7) is 5.08. The van der Waals surface area contributed by atoms with Gasteiger partial charge in [-0.25, -0.2) is 0 Å². The van der Waals surface area contributed by atoms with E-state index in [0.717, 1.165) is 25.1 Å². The molecule has 1 amide bonds. The van der Waals surface area contributed by atoms with Gasteiger partial charge in [0.2, 0.25) is 5.91 Å². The van der Waals surface area contributed by atoms with Crippen LogP contribution in [0.15, 0.2) is 24.3 Å². The van der Waals surface area contributed by atoms with E-state index in [4.69, 9.17) is 4.74 Å². The lowest BCUT2D eigenvalue weighted by atomic mass is 9.97. The predicted octanol–water partition coefficient (Wildman–Crippen LogP) is 3.45. The second-order valence-corrected chi connectivity index (χ2v) is 5.05. The maximum absolute atomic E-state index is 12.1. The molecular formula is C16H25NO2. The van der Waals surface area contributed by atoms with Crippen LogP contribution in [-0.2, 0) is 4.79 Å². The lowest BCUT2D eigenvalue weighted by molar-refractivity contribution is -0.130. The van der Waals surface area contributed by atoms with Gasteiger partial charge in [0, 0.05) is 20.0 Å². The molecule has 1 rings (SSSR count). The fourth-order valence-corrected chi connectivity index (χ4v) is 1.99. The quantitative estimate of drug-likeness (QED) is 0.754. The van der Waals surface area contributed by atoms with Gasteiger partial charge in [-0.1, -0.05) is 32.4 Å². The molecule has 1 atom stereocenters. The topological polar surface area (TPSA) is 29.5 Å². The van der Waals surface area contributed by atoms with E-state index >= 15 is 0 Å². The molecule has 0 aliphatic carbocycles. The zero-order chi connectivity index (χ0) is 14.3. The van der Waals surface area contributed by atoms with Gasteiger partial charge in [0.25, 0.3) is 0 Å². The summed E-state index contributed by atoms with van der Waals surface area (Å²) in [5.41, 5.74) is 1.18. The molecule has 1 aromatic carbocycles. The molecule has 19 heavy (non-hydrogen) atoms. The fraction of sp³-hybridized carbons (Fsp3) is 0.562. The van der Waals surface area contributed by atoms with Gasteiger partial charge < -0.3 is 9.64 Å². The highest BCUT2D eigenvalue weighted by atomic mass is 16.5. The van der Waals surface area contributed by atoms with Crippen molar-refractivity contribution in [1.82, 2.24) is 4.90 Å². The molecule has 0 spiro atoms. The maximum atomic E-state index is 12.1. The first-order valence-electron chi connectivity index (χ1n) is 6.96. The number of hydrogen-bond acceptors (Lipinski definition) is 2. The van der Waals surface area contributed by atoms with Gasteiger partial charge in [-0.15, -0.1) is 0 Å². The Morgan fingerprint density at radius 2 is 1.95 bits per heavy atom. The summed E-state index contributed by atoms with van der Waals surface area (Å²) in [5.74, 6) is 1.31. The van der Waals surface area contributed by atoms with E-state index < -0.39 is 0 Å². The number of benzene rings is 1. The second-order valence-electron chi connectivity index (χ2n) is 5.05. The first-order valence-corrected chi connectivity index (χ1v) is 6.96. The number of hydrogen-bond donors (Lipinski definition) is 0. The van der Waals surface area contributed by atoms with Crippen molar-refractivity contribution in [3.8, 4) is 5.75 Å². The molecule has 3 heteroatoms. The van der Waals surface area contributed by atoms with Crippen molar-refractivity contribution in [2.24, 2.45) is 0 Å². The number of amides is 1. The Kier molecular flexibility index (Phi) is 6.40. The van der Waals surface area contributed by atoms with Gasteiger partial charge in [0.05, 0.1) is 7.11 Å². The average Bonchev–Trinajstić information content (AvgIpc) is 2.44. The summed E-state index contributed by atoms with van der Waals surface area (Å²) >= 11 is 0. The zero-order valence-corrected chi connectivity index (χ0v) is 12.5. The second kappa shape index (κ2) is 7.82. The number of ether oxygens (including phenoxy) is 1. The van der Waals surface area contributed by atoms with Crippen LogP contribution in [0.4, 0.5) is 0 Å². The van der Waals surface area contributed by atoms with E-state index in [2.05, 4.69) is 13.8 Å². The highest BCUT2D eigenvalue weighted by Gasteiger charge is 2.14. The van der Waals surface area contributed by atoms with Crippen molar-refractivity contribution in [2.45, 2.75) is 39.0 Å². The van der Waals surface area contributed by atoms with Crippen LogP contribution in [0, 0.1) is 0 Å². The molecule has 0 aliphatic rings. The first kappa shape index (κ1) is 15.5. The first-order chi connectivity index (χ1) is 9.08. The van der Waals surface area contributed by atoms with Crippen molar-refractivity contribution in [1.29, 1.82) is 0 Å². The molecule has 3 nitrogen and oxygen atoms in total. The van der Waals surface area contributed by atoms with E-state index in [1.54, 1.807) is 7.11 Å². The van der Waals surface area contributed by atoms with Gasteiger partial charge >= 0.3 is 0 Å². The molecule has 0 saturated carbocycles. The van der Waals surface area contributed by atoms with E-state index in [0.29, 0.717) is 6.42 Å². The SMILES string of the molecule is CCCCN(C)C(=O)CC(C)c1ccc(OC)cc1. The minimum atomic E-state index is 0.219. The van der Waals surface area contributed by atoms with Crippen molar-refractivity contribution >= 4 is 5.91 Å². The lowest BCUT2D eigenvalue weighted by Crippen LogP contribution is -2.28. The standard InChI is InChI=1S/C16H25NO2/c1-5-6-11-17(3)16(18)12-13(2)14-7-9-15(19-4)10-8-14/h7-10,13H,5-6,11-12H2,1-4H3. The molecule has 0 radical (unpaired) electrons. The summed E-state index contributed by atoms with van der Waals surface area (Å²) in [6.07, 6.45) is 2.75. The maximum Gasteiger partial charge on any atom is 0.222 e. The summed E-state index contributed by atoms with van der Waals surface area (Å²) in [6, 6.07) is 7.94. The van der Waals surface area contributed by atoms with Crippen molar-refractivity contribution in [2.75, 3.05) is 20.7 Å². The minimum Gasteiger partial charge on any atom is -0.497 e. The van der Waals surface area contributed by atoms with Gasteiger partial charge in [-0.2, -0.15) is 0 Å². The number of nitrogens with zero attached hydrogens (tertiary/aromatic N) is 1. The van der Waals surface area contributed by atoms with Gasteiger partial charge in [0.15, 0.2) is 0 Å². The van der Waals surface area contributed by atoms with Crippen molar-refractivity contribution < 1.29 is 9.53 Å². The third kappa shape index (κ3) is 4.93. The molecule has 0 aliphatic heterocycles. The number of rotatable bonds is 7. The fourth-order valence-electron chi connectivity index (χ4n) is 1.99. The van der Waals surface area contributed by atoms with Gasteiger partial charge in [-0.3, -0.25) is 4.79 Å². The van der Waals surface area contributed by atoms with E-state index in [9.17, 15) is 4.79 Å². The van der Waals surface area contributed by atoms with Crippen LogP contribution in [-0.4, -0.2) is 31.5 Å². The van der Waals surface area contributed by atoms with E-state index in [-0.39, 0.29) is 11.8 Å². The third-order valence-corrected chi connectivity index (χ3v) is 3.44. The summed E-state index contributed by atoms with van der Waals surface area (Å²) in [7, 11) is 3.55. The third-order valence-electron chi connectivity index (χ3n) is 3.44. The Labute approximate surface area is 116 Å². The van der Waals surface area contributed by atoms with Gasteiger partial charge in [0.1, 0.15) is 5.75 Å². The zero-order valence-electron chi connectivity index (χ0n) is 12.5.